The first kappa shape index (κ1) is 18.5. The van der Waals surface area contributed by atoms with Gasteiger partial charge in [0.2, 0.25) is 5.76 Å². The zero-order valence-corrected chi connectivity index (χ0v) is 15.6. The SMILES string of the molecule is COC(=O)c1cc(CCNc2ccc(-c3ccc(OC)cn3)cc2)c(C)o1. The van der Waals surface area contributed by atoms with E-state index in [0.717, 1.165) is 47.0 Å². The van der Waals surface area contributed by atoms with Gasteiger partial charge in [-0.15, -0.1) is 0 Å². The van der Waals surface area contributed by atoms with Crippen LogP contribution in [-0.4, -0.2) is 31.7 Å². The molecule has 0 aliphatic rings. The minimum absolute atomic E-state index is 0.237. The molecule has 0 unspecified atom stereocenters. The van der Waals surface area contributed by atoms with Gasteiger partial charge in [0.1, 0.15) is 11.5 Å². The third kappa shape index (κ3) is 4.47. The predicted octanol–water partition coefficient (Wildman–Crippen LogP) is 4.10. The molecule has 0 radical (unpaired) electrons. The van der Waals surface area contributed by atoms with Crippen LogP contribution in [0.3, 0.4) is 0 Å². The molecular formula is C21H22N2O4. The van der Waals surface area contributed by atoms with Gasteiger partial charge in [0.15, 0.2) is 0 Å². The largest absolute Gasteiger partial charge is 0.495 e. The van der Waals surface area contributed by atoms with E-state index in [2.05, 4.69) is 15.0 Å². The van der Waals surface area contributed by atoms with E-state index in [1.165, 1.54) is 7.11 Å². The minimum atomic E-state index is -0.458. The number of nitrogens with one attached hydrogen (secondary N) is 1. The van der Waals surface area contributed by atoms with Crippen LogP contribution in [0.1, 0.15) is 21.9 Å². The Balaban J connectivity index is 1.57. The van der Waals surface area contributed by atoms with E-state index >= 15 is 0 Å². The molecule has 0 atom stereocenters. The molecule has 0 bridgehead atoms. The Morgan fingerprint density at radius 3 is 2.56 bits per heavy atom. The first-order valence-electron chi connectivity index (χ1n) is 8.62. The number of esters is 1. The summed E-state index contributed by atoms with van der Waals surface area (Å²) in [5.74, 6) is 1.25. The number of carbonyl (C=O) groups is 1. The molecule has 1 N–H and O–H groups in total. The van der Waals surface area contributed by atoms with Gasteiger partial charge in [-0.3, -0.25) is 4.98 Å². The van der Waals surface area contributed by atoms with Crippen molar-refractivity contribution in [2.75, 3.05) is 26.1 Å². The highest BCUT2D eigenvalue weighted by Gasteiger charge is 2.14. The fourth-order valence-electron chi connectivity index (χ4n) is 2.74. The van der Waals surface area contributed by atoms with Gasteiger partial charge >= 0.3 is 5.97 Å². The zero-order valence-electron chi connectivity index (χ0n) is 15.6. The number of anilines is 1. The number of hydrogen-bond acceptors (Lipinski definition) is 6. The number of nitrogens with zero attached hydrogens (tertiary/aromatic N) is 1. The minimum Gasteiger partial charge on any atom is -0.495 e. The fraction of sp³-hybridized carbons (Fsp3) is 0.238. The second-order valence-electron chi connectivity index (χ2n) is 6.02. The number of carbonyl (C=O) groups excluding carboxylic acids is 1. The van der Waals surface area contributed by atoms with Crippen molar-refractivity contribution in [3.63, 3.8) is 0 Å². The van der Waals surface area contributed by atoms with Crippen LogP contribution in [0.4, 0.5) is 5.69 Å². The van der Waals surface area contributed by atoms with E-state index < -0.39 is 5.97 Å². The summed E-state index contributed by atoms with van der Waals surface area (Å²) in [5, 5.41) is 3.37. The highest BCUT2D eigenvalue weighted by molar-refractivity contribution is 5.86. The summed E-state index contributed by atoms with van der Waals surface area (Å²) >= 11 is 0. The van der Waals surface area contributed by atoms with Crippen molar-refractivity contribution in [1.29, 1.82) is 0 Å². The van der Waals surface area contributed by atoms with Crippen molar-refractivity contribution in [2.45, 2.75) is 13.3 Å². The van der Waals surface area contributed by atoms with Gasteiger partial charge in [-0.2, -0.15) is 0 Å². The molecule has 3 aromatic rings. The van der Waals surface area contributed by atoms with Crippen molar-refractivity contribution in [3.8, 4) is 17.0 Å². The molecule has 3 rings (SSSR count). The lowest BCUT2D eigenvalue weighted by Crippen LogP contribution is -2.05. The number of ether oxygens (including phenoxy) is 2. The summed E-state index contributed by atoms with van der Waals surface area (Å²) < 4.78 is 15.2. The number of benzene rings is 1. The third-order valence-electron chi connectivity index (χ3n) is 4.28. The van der Waals surface area contributed by atoms with Crippen LogP contribution in [0.25, 0.3) is 11.3 Å². The first-order chi connectivity index (χ1) is 13.1. The topological polar surface area (TPSA) is 73.6 Å². The summed E-state index contributed by atoms with van der Waals surface area (Å²) in [6.45, 7) is 2.57. The van der Waals surface area contributed by atoms with Crippen LogP contribution in [-0.2, 0) is 11.2 Å². The lowest BCUT2D eigenvalue weighted by Gasteiger charge is -2.07. The molecule has 0 amide bonds. The number of aromatic nitrogens is 1. The van der Waals surface area contributed by atoms with Gasteiger partial charge in [-0.25, -0.2) is 4.79 Å². The molecule has 0 aliphatic heterocycles. The number of pyridine rings is 1. The van der Waals surface area contributed by atoms with Crippen molar-refractivity contribution in [1.82, 2.24) is 4.98 Å². The van der Waals surface area contributed by atoms with Gasteiger partial charge in [0, 0.05) is 17.8 Å². The van der Waals surface area contributed by atoms with Gasteiger partial charge in [-0.05, 0) is 49.2 Å². The number of methoxy groups -OCH3 is 2. The summed E-state index contributed by atoms with van der Waals surface area (Å²) in [6.07, 6.45) is 2.45. The number of furan rings is 1. The van der Waals surface area contributed by atoms with Crippen LogP contribution in [0.15, 0.2) is 53.1 Å². The molecular weight excluding hydrogens is 344 g/mol. The monoisotopic (exact) mass is 366 g/mol. The van der Waals surface area contributed by atoms with Crippen LogP contribution in [0.2, 0.25) is 0 Å². The van der Waals surface area contributed by atoms with E-state index in [4.69, 9.17) is 9.15 Å². The predicted molar refractivity (Wildman–Crippen MR) is 103 cm³/mol. The molecule has 2 heterocycles. The number of rotatable bonds is 7. The number of aryl methyl sites for hydroxylation is 1. The van der Waals surface area contributed by atoms with E-state index in [-0.39, 0.29) is 5.76 Å². The summed E-state index contributed by atoms with van der Waals surface area (Å²) in [5.41, 5.74) is 3.94. The van der Waals surface area contributed by atoms with Gasteiger partial charge in [0.25, 0.3) is 0 Å². The normalized spacial score (nSPS) is 10.5. The van der Waals surface area contributed by atoms with Crippen LogP contribution >= 0.6 is 0 Å². The lowest BCUT2D eigenvalue weighted by molar-refractivity contribution is 0.0563. The Kier molecular flexibility index (Phi) is 5.76. The number of hydrogen-bond donors (Lipinski definition) is 1. The Labute approximate surface area is 158 Å². The van der Waals surface area contributed by atoms with Crippen LogP contribution in [0.5, 0.6) is 5.75 Å². The molecule has 2 aromatic heterocycles. The molecule has 140 valence electrons. The maximum absolute atomic E-state index is 11.5. The Morgan fingerprint density at radius 2 is 1.93 bits per heavy atom. The van der Waals surface area contributed by atoms with E-state index in [0.29, 0.717) is 0 Å². The summed E-state index contributed by atoms with van der Waals surface area (Å²) in [4.78, 5) is 15.9. The fourth-order valence-corrected chi connectivity index (χ4v) is 2.74. The molecule has 6 heteroatoms. The highest BCUT2D eigenvalue weighted by Crippen LogP contribution is 2.22. The average Bonchev–Trinajstić information content (AvgIpc) is 3.08. The molecule has 0 saturated carbocycles. The molecule has 0 fully saturated rings. The third-order valence-corrected chi connectivity index (χ3v) is 4.28. The van der Waals surface area contributed by atoms with Crippen LogP contribution < -0.4 is 10.1 Å². The van der Waals surface area contributed by atoms with Gasteiger partial charge in [0.05, 0.1) is 26.1 Å². The Morgan fingerprint density at radius 1 is 1.15 bits per heavy atom. The maximum Gasteiger partial charge on any atom is 0.373 e. The van der Waals surface area contributed by atoms with Crippen molar-refractivity contribution in [2.24, 2.45) is 0 Å². The second-order valence-corrected chi connectivity index (χ2v) is 6.02. The van der Waals surface area contributed by atoms with Crippen molar-refractivity contribution in [3.05, 3.63) is 65.7 Å². The Bertz CT molecular complexity index is 899. The van der Waals surface area contributed by atoms with Crippen LogP contribution in [0, 0.1) is 6.92 Å². The lowest BCUT2D eigenvalue weighted by atomic mass is 10.1. The zero-order chi connectivity index (χ0) is 19.2. The maximum atomic E-state index is 11.5. The standard InChI is InChI=1S/C21H22N2O4/c1-14-16(12-20(27-14)21(24)26-3)10-11-22-17-6-4-15(5-7-17)19-9-8-18(25-2)13-23-19/h4-9,12-13,22H,10-11H2,1-3H3. The summed E-state index contributed by atoms with van der Waals surface area (Å²) in [7, 11) is 2.96. The first-order valence-corrected chi connectivity index (χ1v) is 8.62. The van der Waals surface area contributed by atoms with Crippen molar-refractivity contribution >= 4 is 11.7 Å². The van der Waals surface area contributed by atoms with Gasteiger partial charge < -0.3 is 19.2 Å². The quantitative estimate of drug-likeness (QED) is 0.635. The van der Waals surface area contributed by atoms with E-state index in [1.807, 2.05) is 43.3 Å². The summed E-state index contributed by atoms with van der Waals surface area (Å²) in [6, 6.07) is 13.6. The average molecular weight is 366 g/mol. The molecule has 6 nitrogen and oxygen atoms in total. The smallest absolute Gasteiger partial charge is 0.373 e. The second kappa shape index (κ2) is 8.40. The molecule has 0 spiro atoms. The molecule has 0 saturated heterocycles. The van der Waals surface area contributed by atoms with Crippen molar-refractivity contribution < 1.29 is 18.7 Å². The van der Waals surface area contributed by atoms with E-state index in [1.54, 1.807) is 19.4 Å². The van der Waals surface area contributed by atoms with E-state index in [9.17, 15) is 4.79 Å². The molecule has 1 aromatic carbocycles. The highest BCUT2D eigenvalue weighted by atomic mass is 16.5. The molecule has 27 heavy (non-hydrogen) atoms. The Hall–Kier alpha value is -3.28. The molecule has 0 aliphatic carbocycles. The van der Waals surface area contributed by atoms with Gasteiger partial charge in [-0.1, -0.05) is 12.1 Å².